The van der Waals surface area contributed by atoms with Gasteiger partial charge in [0.05, 0.1) is 32.4 Å². The molecule has 2 aromatic rings. The fraction of sp³-hybridized carbons (Fsp3) is 0.286. The summed E-state index contributed by atoms with van der Waals surface area (Å²) in [6.45, 7) is 0.0899. The molecule has 1 fully saturated rings. The number of nitrogens with zero attached hydrogens (tertiary/aromatic N) is 1. The number of anilines is 2. The van der Waals surface area contributed by atoms with E-state index in [1.807, 2.05) is 30.3 Å². The van der Waals surface area contributed by atoms with Crippen LogP contribution < -0.4 is 25.0 Å². The molecule has 0 saturated carbocycles. The normalized spacial score (nSPS) is 15.7. The number of benzene rings is 2. The van der Waals surface area contributed by atoms with Crippen LogP contribution in [0.5, 0.6) is 11.5 Å². The number of hydrogen-bond acceptors (Lipinski definition) is 5. The van der Waals surface area contributed by atoms with Crippen molar-refractivity contribution in [3.05, 3.63) is 48.5 Å². The van der Waals surface area contributed by atoms with E-state index >= 15 is 0 Å². The van der Waals surface area contributed by atoms with Crippen molar-refractivity contribution in [2.45, 2.75) is 6.42 Å². The first kappa shape index (κ1) is 20.2. The van der Waals surface area contributed by atoms with Gasteiger partial charge in [0.25, 0.3) is 0 Å². The molecule has 0 aliphatic carbocycles. The molecule has 8 nitrogen and oxygen atoms in total. The first-order valence-corrected chi connectivity index (χ1v) is 9.17. The number of carbonyl (C=O) groups is 3. The maximum absolute atomic E-state index is 12.4. The molecule has 2 N–H and O–H groups in total. The van der Waals surface area contributed by atoms with Crippen LogP contribution in [0.25, 0.3) is 0 Å². The van der Waals surface area contributed by atoms with Crippen LogP contribution in [0.3, 0.4) is 0 Å². The van der Waals surface area contributed by atoms with Crippen molar-refractivity contribution >= 4 is 29.1 Å². The lowest BCUT2D eigenvalue weighted by Crippen LogP contribution is -2.38. The lowest BCUT2D eigenvalue weighted by atomic mass is 10.1. The quantitative estimate of drug-likeness (QED) is 0.743. The van der Waals surface area contributed by atoms with E-state index in [-0.39, 0.29) is 24.8 Å². The lowest BCUT2D eigenvalue weighted by Gasteiger charge is -2.16. The van der Waals surface area contributed by atoms with Crippen molar-refractivity contribution in [3.63, 3.8) is 0 Å². The van der Waals surface area contributed by atoms with Crippen LogP contribution in [0.15, 0.2) is 48.5 Å². The Labute approximate surface area is 168 Å². The number of rotatable bonds is 7. The number of para-hydroxylation sites is 1. The molecule has 8 heteroatoms. The van der Waals surface area contributed by atoms with Crippen molar-refractivity contribution < 1.29 is 23.9 Å². The van der Waals surface area contributed by atoms with Crippen LogP contribution in [-0.2, 0) is 14.4 Å². The Kier molecular flexibility index (Phi) is 6.33. The van der Waals surface area contributed by atoms with Gasteiger partial charge < -0.3 is 25.0 Å². The fourth-order valence-electron chi connectivity index (χ4n) is 3.15. The molecule has 1 aliphatic rings. The zero-order valence-electron chi connectivity index (χ0n) is 16.3. The molecule has 3 rings (SSSR count). The molecule has 3 amide bonds. The SMILES string of the molecule is COc1ccc(NC(=O)CNC(=O)[C@H]2CC(=O)N(c3ccccc3)C2)c(OC)c1. The van der Waals surface area contributed by atoms with E-state index < -0.39 is 11.8 Å². The Morgan fingerprint density at radius 1 is 1.10 bits per heavy atom. The van der Waals surface area contributed by atoms with Gasteiger partial charge >= 0.3 is 0 Å². The smallest absolute Gasteiger partial charge is 0.243 e. The van der Waals surface area contributed by atoms with E-state index in [0.29, 0.717) is 23.7 Å². The topological polar surface area (TPSA) is 97.0 Å². The number of hydrogen-bond donors (Lipinski definition) is 2. The van der Waals surface area contributed by atoms with E-state index in [1.165, 1.54) is 14.2 Å². The highest BCUT2D eigenvalue weighted by atomic mass is 16.5. The Hall–Kier alpha value is -3.55. The lowest BCUT2D eigenvalue weighted by molar-refractivity contribution is -0.127. The van der Waals surface area contributed by atoms with Gasteiger partial charge in [-0.05, 0) is 24.3 Å². The second-order valence-electron chi connectivity index (χ2n) is 6.57. The summed E-state index contributed by atoms with van der Waals surface area (Å²) in [6.07, 6.45) is 0.120. The van der Waals surface area contributed by atoms with Crippen LogP contribution in [0.4, 0.5) is 11.4 Å². The third kappa shape index (κ3) is 4.84. The first-order chi connectivity index (χ1) is 14.0. The predicted molar refractivity (Wildman–Crippen MR) is 108 cm³/mol. The summed E-state index contributed by atoms with van der Waals surface area (Å²) in [5, 5.41) is 5.29. The highest BCUT2D eigenvalue weighted by Gasteiger charge is 2.35. The molecule has 152 valence electrons. The van der Waals surface area contributed by atoms with E-state index in [4.69, 9.17) is 9.47 Å². The van der Waals surface area contributed by atoms with Crippen LogP contribution in [0.1, 0.15) is 6.42 Å². The molecule has 0 spiro atoms. The predicted octanol–water partition coefficient (Wildman–Crippen LogP) is 1.81. The minimum absolute atomic E-state index is 0.108. The number of amides is 3. The van der Waals surface area contributed by atoms with Crippen molar-refractivity contribution in [2.75, 3.05) is 37.5 Å². The molecule has 0 unspecified atom stereocenters. The van der Waals surface area contributed by atoms with E-state index in [9.17, 15) is 14.4 Å². The van der Waals surface area contributed by atoms with Gasteiger partial charge in [-0.25, -0.2) is 0 Å². The van der Waals surface area contributed by atoms with Gasteiger partial charge in [-0.1, -0.05) is 18.2 Å². The van der Waals surface area contributed by atoms with Crippen molar-refractivity contribution in [1.29, 1.82) is 0 Å². The molecule has 2 aromatic carbocycles. The number of ether oxygens (including phenoxy) is 2. The summed E-state index contributed by atoms with van der Waals surface area (Å²) in [4.78, 5) is 38.5. The number of methoxy groups -OCH3 is 2. The van der Waals surface area contributed by atoms with Crippen molar-refractivity contribution in [3.8, 4) is 11.5 Å². The van der Waals surface area contributed by atoms with Gasteiger partial charge in [-0.2, -0.15) is 0 Å². The summed E-state index contributed by atoms with van der Waals surface area (Å²) in [7, 11) is 3.02. The largest absolute Gasteiger partial charge is 0.497 e. The van der Waals surface area contributed by atoms with Gasteiger partial charge in [0.15, 0.2) is 0 Å². The molecule has 0 bridgehead atoms. The molecule has 1 saturated heterocycles. The minimum Gasteiger partial charge on any atom is -0.497 e. The molecule has 1 atom stereocenters. The Morgan fingerprint density at radius 3 is 2.55 bits per heavy atom. The van der Waals surface area contributed by atoms with Crippen molar-refractivity contribution in [2.24, 2.45) is 5.92 Å². The maximum atomic E-state index is 12.4. The third-order valence-corrected chi connectivity index (χ3v) is 4.67. The van der Waals surface area contributed by atoms with Crippen LogP contribution >= 0.6 is 0 Å². The highest BCUT2D eigenvalue weighted by molar-refractivity contribution is 6.01. The summed E-state index contributed by atoms with van der Waals surface area (Å²) >= 11 is 0. The Bertz CT molecular complexity index is 900. The fourth-order valence-corrected chi connectivity index (χ4v) is 3.15. The van der Waals surface area contributed by atoms with Gasteiger partial charge in [-0.3, -0.25) is 14.4 Å². The highest BCUT2D eigenvalue weighted by Crippen LogP contribution is 2.29. The van der Waals surface area contributed by atoms with Gasteiger partial charge in [0.2, 0.25) is 17.7 Å². The second kappa shape index (κ2) is 9.09. The third-order valence-electron chi connectivity index (χ3n) is 4.67. The molecule has 0 radical (unpaired) electrons. The van der Waals surface area contributed by atoms with Gasteiger partial charge in [0.1, 0.15) is 11.5 Å². The van der Waals surface area contributed by atoms with Crippen LogP contribution in [0.2, 0.25) is 0 Å². The van der Waals surface area contributed by atoms with E-state index in [1.54, 1.807) is 23.1 Å². The number of carbonyl (C=O) groups excluding carboxylic acids is 3. The molecular weight excluding hydrogens is 374 g/mol. The molecule has 1 aliphatic heterocycles. The van der Waals surface area contributed by atoms with Gasteiger partial charge in [0, 0.05) is 24.7 Å². The average molecular weight is 397 g/mol. The zero-order valence-corrected chi connectivity index (χ0v) is 16.3. The van der Waals surface area contributed by atoms with Crippen molar-refractivity contribution in [1.82, 2.24) is 5.32 Å². The Morgan fingerprint density at radius 2 is 1.86 bits per heavy atom. The zero-order chi connectivity index (χ0) is 20.8. The summed E-state index contributed by atoms with van der Waals surface area (Å²) in [5.41, 5.74) is 1.23. The summed E-state index contributed by atoms with van der Waals surface area (Å²) in [6, 6.07) is 14.2. The van der Waals surface area contributed by atoms with Crippen LogP contribution in [0, 0.1) is 5.92 Å². The second-order valence-corrected chi connectivity index (χ2v) is 6.57. The standard InChI is InChI=1S/C21H23N3O5/c1-28-16-8-9-17(18(11-16)29-2)23-19(25)12-22-21(27)14-10-20(26)24(13-14)15-6-4-3-5-7-15/h3-9,11,14H,10,12-13H2,1-2H3,(H,22,27)(H,23,25)/t14-/m0/s1. The van der Waals surface area contributed by atoms with E-state index in [0.717, 1.165) is 5.69 Å². The Balaban J connectivity index is 1.53. The first-order valence-electron chi connectivity index (χ1n) is 9.17. The molecule has 1 heterocycles. The number of nitrogens with one attached hydrogen (secondary N) is 2. The summed E-state index contributed by atoms with van der Waals surface area (Å²) in [5.74, 6) is -0.277. The maximum Gasteiger partial charge on any atom is 0.243 e. The molecular formula is C21H23N3O5. The van der Waals surface area contributed by atoms with Gasteiger partial charge in [-0.15, -0.1) is 0 Å². The average Bonchev–Trinajstić information content (AvgIpc) is 3.14. The monoisotopic (exact) mass is 397 g/mol. The minimum atomic E-state index is -0.494. The summed E-state index contributed by atoms with van der Waals surface area (Å²) < 4.78 is 10.4. The molecule has 0 aromatic heterocycles. The van der Waals surface area contributed by atoms with E-state index in [2.05, 4.69) is 10.6 Å². The molecule has 29 heavy (non-hydrogen) atoms. The van der Waals surface area contributed by atoms with Crippen LogP contribution in [-0.4, -0.2) is 45.0 Å².